The maximum atomic E-state index is 13.3. The number of hydrogen-bond acceptors (Lipinski definition) is 3. The predicted octanol–water partition coefficient (Wildman–Crippen LogP) is 1.77. The quantitative estimate of drug-likeness (QED) is 0.917. The van der Waals surface area contributed by atoms with Gasteiger partial charge in [-0.05, 0) is 31.0 Å². The van der Waals surface area contributed by atoms with E-state index >= 15 is 0 Å². The number of carboxylic acids is 1. The summed E-state index contributed by atoms with van der Waals surface area (Å²) in [5.74, 6) is -2.25. The molecule has 0 spiro atoms. The van der Waals surface area contributed by atoms with Gasteiger partial charge in [0.05, 0.1) is 13.0 Å². The van der Waals surface area contributed by atoms with Gasteiger partial charge in [-0.1, -0.05) is 0 Å². The average molecular weight is 281 g/mol. The lowest BCUT2D eigenvalue weighted by molar-refractivity contribution is -0.143. The molecule has 0 saturated carbocycles. The van der Waals surface area contributed by atoms with Crippen molar-refractivity contribution in [1.29, 1.82) is 0 Å². The molecular formula is C14H16FNO4. The van der Waals surface area contributed by atoms with Crippen LogP contribution in [0.3, 0.4) is 0 Å². The highest BCUT2D eigenvalue weighted by Crippen LogP contribution is 2.22. The summed E-state index contributed by atoms with van der Waals surface area (Å²) in [7, 11) is 1.33. The number of benzene rings is 1. The standard InChI is InChI=1S/C14H16FNO4/c1-20-12-7-9(4-5-11(12)15)13(17)16-6-2-3-10(8-16)14(18)19/h4-5,7,10H,2-3,6,8H2,1H3,(H,18,19)/t10-/m1/s1. The first-order valence-corrected chi connectivity index (χ1v) is 6.38. The molecule has 1 aliphatic heterocycles. The van der Waals surface area contributed by atoms with E-state index in [-0.39, 0.29) is 18.2 Å². The van der Waals surface area contributed by atoms with Gasteiger partial charge in [0.2, 0.25) is 0 Å². The largest absolute Gasteiger partial charge is 0.494 e. The van der Waals surface area contributed by atoms with Crippen LogP contribution in [0.2, 0.25) is 0 Å². The Kier molecular flexibility index (Phi) is 4.22. The van der Waals surface area contributed by atoms with Crippen molar-refractivity contribution in [3.63, 3.8) is 0 Å². The molecule has 20 heavy (non-hydrogen) atoms. The van der Waals surface area contributed by atoms with Crippen LogP contribution in [0, 0.1) is 11.7 Å². The summed E-state index contributed by atoms with van der Waals surface area (Å²) in [5.41, 5.74) is 0.300. The normalized spacial score (nSPS) is 18.7. The van der Waals surface area contributed by atoms with Gasteiger partial charge >= 0.3 is 5.97 Å². The van der Waals surface area contributed by atoms with E-state index in [1.807, 2.05) is 0 Å². The van der Waals surface area contributed by atoms with Crippen molar-refractivity contribution in [2.24, 2.45) is 5.92 Å². The number of ether oxygens (including phenoxy) is 1. The average Bonchev–Trinajstić information content (AvgIpc) is 2.47. The molecule has 0 bridgehead atoms. The van der Waals surface area contributed by atoms with Crippen molar-refractivity contribution in [1.82, 2.24) is 4.90 Å². The van der Waals surface area contributed by atoms with Crippen molar-refractivity contribution in [3.8, 4) is 5.75 Å². The Hall–Kier alpha value is -2.11. The van der Waals surface area contributed by atoms with E-state index in [4.69, 9.17) is 9.84 Å². The van der Waals surface area contributed by atoms with Crippen LogP contribution in [0.5, 0.6) is 5.75 Å². The summed E-state index contributed by atoms with van der Waals surface area (Å²) in [6, 6.07) is 3.89. The van der Waals surface area contributed by atoms with Gasteiger partial charge in [-0.2, -0.15) is 0 Å². The second-order valence-electron chi connectivity index (χ2n) is 4.78. The Balaban J connectivity index is 2.16. The molecular weight excluding hydrogens is 265 g/mol. The molecule has 1 aromatic carbocycles. The van der Waals surface area contributed by atoms with Crippen LogP contribution in [0.1, 0.15) is 23.2 Å². The van der Waals surface area contributed by atoms with Gasteiger partial charge in [0, 0.05) is 18.7 Å². The third-order valence-electron chi connectivity index (χ3n) is 3.46. The lowest BCUT2D eigenvalue weighted by Crippen LogP contribution is -2.42. The number of piperidine rings is 1. The van der Waals surface area contributed by atoms with Crippen LogP contribution < -0.4 is 4.74 Å². The molecule has 1 saturated heterocycles. The van der Waals surface area contributed by atoms with Gasteiger partial charge in [0.25, 0.3) is 5.91 Å². The van der Waals surface area contributed by atoms with Crippen LogP contribution in [-0.4, -0.2) is 42.1 Å². The maximum Gasteiger partial charge on any atom is 0.308 e. The molecule has 1 aliphatic rings. The van der Waals surface area contributed by atoms with Crippen molar-refractivity contribution in [3.05, 3.63) is 29.6 Å². The van der Waals surface area contributed by atoms with Gasteiger partial charge in [-0.3, -0.25) is 9.59 Å². The summed E-state index contributed by atoms with van der Waals surface area (Å²) in [4.78, 5) is 24.8. The zero-order valence-corrected chi connectivity index (χ0v) is 11.1. The number of amides is 1. The summed E-state index contributed by atoms with van der Waals surface area (Å²) in [5, 5.41) is 9.02. The number of likely N-dealkylation sites (tertiary alicyclic amines) is 1. The Bertz CT molecular complexity index is 532. The number of halogens is 1. The van der Waals surface area contributed by atoms with E-state index in [0.29, 0.717) is 24.9 Å². The van der Waals surface area contributed by atoms with Gasteiger partial charge in [-0.25, -0.2) is 4.39 Å². The predicted molar refractivity (Wildman–Crippen MR) is 69.2 cm³/mol. The van der Waals surface area contributed by atoms with Crippen LogP contribution in [0.25, 0.3) is 0 Å². The lowest BCUT2D eigenvalue weighted by Gasteiger charge is -2.30. The lowest BCUT2D eigenvalue weighted by atomic mass is 9.97. The first-order chi connectivity index (χ1) is 9.52. The first kappa shape index (κ1) is 14.3. The van der Waals surface area contributed by atoms with Crippen molar-refractivity contribution < 1.29 is 23.8 Å². The highest BCUT2D eigenvalue weighted by atomic mass is 19.1. The molecule has 0 radical (unpaired) electrons. The third-order valence-corrected chi connectivity index (χ3v) is 3.46. The van der Waals surface area contributed by atoms with E-state index in [2.05, 4.69) is 0 Å². The second-order valence-corrected chi connectivity index (χ2v) is 4.78. The summed E-state index contributed by atoms with van der Waals surface area (Å²) in [6.45, 7) is 0.705. The molecule has 108 valence electrons. The number of methoxy groups -OCH3 is 1. The summed E-state index contributed by atoms with van der Waals surface area (Å²) < 4.78 is 18.2. The summed E-state index contributed by atoms with van der Waals surface area (Å²) >= 11 is 0. The molecule has 1 N–H and O–H groups in total. The van der Waals surface area contributed by atoms with E-state index in [1.165, 1.54) is 30.2 Å². The number of carbonyl (C=O) groups excluding carboxylic acids is 1. The fourth-order valence-corrected chi connectivity index (χ4v) is 2.34. The Morgan fingerprint density at radius 3 is 2.85 bits per heavy atom. The molecule has 0 aromatic heterocycles. The number of carbonyl (C=O) groups is 2. The zero-order chi connectivity index (χ0) is 14.7. The van der Waals surface area contributed by atoms with E-state index in [1.54, 1.807) is 0 Å². The smallest absolute Gasteiger partial charge is 0.308 e. The SMILES string of the molecule is COc1cc(C(=O)N2CCC[C@@H](C(=O)O)C2)ccc1F. The first-order valence-electron chi connectivity index (χ1n) is 6.38. The topological polar surface area (TPSA) is 66.8 Å². The van der Waals surface area contributed by atoms with Crippen LogP contribution >= 0.6 is 0 Å². The molecule has 2 rings (SSSR count). The summed E-state index contributed by atoms with van der Waals surface area (Å²) in [6.07, 6.45) is 1.23. The minimum absolute atomic E-state index is 0.00245. The van der Waals surface area contributed by atoms with E-state index < -0.39 is 17.7 Å². The number of hydrogen-bond donors (Lipinski definition) is 1. The molecule has 5 nitrogen and oxygen atoms in total. The van der Waals surface area contributed by atoms with Crippen molar-refractivity contribution in [2.45, 2.75) is 12.8 Å². The monoisotopic (exact) mass is 281 g/mol. The van der Waals surface area contributed by atoms with Crippen molar-refractivity contribution in [2.75, 3.05) is 20.2 Å². The Labute approximate surface area is 116 Å². The van der Waals surface area contributed by atoms with Crippen molar-refractivity contribution >= 4 is 11.9 Å². The molecule has 1 heterocycles. The van der Waals surface area contributed by atoms with Gasteiger partial charge in [-0.15, -0.1) is 0 Å². The molecule has 1 aromatic rings. The van der Waals surface area contributed by atoms with Gasteiger partial charge in [0.1, 0.15) is 0 Å². The van der Waals surface area contributed by atoms with Crippen LogP contribution in [0.15, 0.2) is 18.2 Å². The number of rotatable bonds is 3. The number of carboxylic acid groups (broad SMARTS) is 1. The highest BCUT2D eigenvalue weighted by molar-refractivity contribution is 5.95. The molecule has 1 amide bonds. The fourth-order valence-electron chi connectivity index (χ4n) is 2.34. The van der Waals surface area contributed by atoms with Gasteiger partial charge < -0.3 is 14.7 Å². The fraction of sp³-hybridized carbons (Fsp3) is 0.429. The molecule has 1 atom stereocenters. The zero-order valence-electron chi connectivity index (χ0n) is 11.1. The van der Waals surface area contributed by atoms with Crippen LogP contribution in [0.4, 0.5) is 4.39 Å². The van der Waals surface area contributed by atoms with E-state index in [9.17, 15) is 14.0 Å². The highest BCUT2D eigenvalue weighted by Gasteiger charge is 2.28. The second kappa shape index (κ2) is 5.90. The maximum absolute atomic E-state index is 13.3. The minimum Gasteiger partial charge on any atom is -0.494 e. The Morgan fingerprint density at radius 1 is 1.45 bits per heavy atom. The molecule has 0 aliphatic carbocycles. The van der Waals surface area contributed by atoms with Crippen LogP contribution in [-0.2, 0) is 4.79 Å². The molecule has 1 fully saturated rings. The van der Waals surface area contributed by atoms with Gasteiger partial charge in [0.15, 0.2) is 11.6 Å². The third kappa shape index (κ3) is 2.89. The molecule has 6 heteroatoms. The Morgan fingerprint density at radius 2 is 2.20 bits per heavy atom. The van der Waals surface area contributed by atoms with E-state index in [0.717, 1.165) is 0 Å². The number of aliphatic carboxylic acids is 1. The minimum atomic E-state index is -0.890. The molecule has 0 unspecified atom stereocenters. The number of nitrogens with zero attached hydrogens (tertiary/aromatic N) is 1.